The van der Waals surface area contributed by atoms with Crippen molar-refractivity contribution >= 4 is 27.6 Å². The third-order valence-corrected chi connectivity index (χ3v) is 7.01. The van der Waals surface area contributed by atoms with Crippen LogP contribution in [-0.2, 0) is 5.41 Å². The minimum absolute atomic E-state index is 0.0687. The molecule has 0 bridgehead atoms. The van der Waals surface area contributed by atoms with E-state index in [1.54, 1.807) is 0 Å². The van der Waals surface area contributed by atoms with Crippen molar-refractivity contribution < 1.29 is 4.79 Å². The number of hydrogen-bond donors (Lipinski definition) is 3. The van der Waals surface area contributed by atoms with Gasteiger partial charge in [0.25, 0.3) is 0 Å². The second-order valence-corrected chi connectivity index (χ2v) is 12.0. The lowest BCUT2D eigenvalue weighted by atomic mass is 9.77. The van der Waals surface area contributed by atoms with Crippen molar-refractivity contribution in [2.75, 3.05) is 6.54 Å². The molecule has 0 spiro atoms. The third-order valence-electron chi connectivity index (χ3n) is 7.01. The van der Waals surface area contributed by atoms with Crippen LogP contribution in [0.3, 0.4) is 0 Å². The smallest absolute Gasteiger partial charge is 0.193 e. The molecule has 0 aliphatic heterocycles. The zero-order chi connectivity index (χ0) is 26.4. The van der Waals surface area contributed by atoms with Crippen LogP contribution in [0.15, 0.2) is 78.9 Å². The number of Topliss-reactive ketones (excluding diaryl/α,β-unsaturated/α-hetero) is 1. The van der Waals surface area contributed by atoms with Gasteiger partial charge in [-0.2, -0.15) is 0 Å². The van der Waals surface area contributed by atoms with Gasteiger partial charge in [0, 0.05) is 49.9 Å². The maximum atomic E-state index is 13.8. The first-order valence-electron chi connectivity index (χ1n) is 13.1. The van der Waals surface area contributed by atoms with Gasteiger partial charge in [0.05, 0.1) is 12.2 Å². The summed E-state index contributed by atoms with van der Waals surface area (Å²) in [5, 5.41) is 5.67. The number of aromatic nitrogens is 2. The van der Waals surface area contributed by atoms with Gasteiger partial charge in [-0.25, -0.2) is 0 Å². The highest BCUT2D eigenvalue weighted by atomic mass is 16.1. The molecule has 5 rings (SSSR count). The summed E-state index contributed by atoms with van der Waals surface area (Å²) in [6.45, 7) is 13.3. The molecule has 0 saturated heterocycles. The molecule has 3 N–H and O–H groups in total. The topological polar surface area (TPSA) is 60.7 Å². The van der Waals surface area contributed by atoms with Crippen LogP contribution in [0.1, 0.15) is 80.3 Å². The number of fused-ring (bicyclic) bond motifs is 2. The lowest BCUT2D eigenvalue weighted by Gasteiger charge is -2.26. The van der Waals surface area contributed by atoms with E-state index in [2.05, 4.69) is 130 Å². The molecule has 0 aliphatic carbocycles. The fraction of sp³-hybridized carbons (Fsp3) is 0.303. The predicted molar refractivity (Wildman–Crippen MR) is 155 cm³/mol. The average Bonchev–Trinajstić information content (AvgIpc) is 3.43. The van der Waals surface area contributed by atoms with E-state index in [1.165, 1.54) is 22.2 Å². The van der Waals surface area contributed by atoms with E-state index in [0.717, 1.165) is 22.0 Å². The zero-order valence-corrected chi connectivity index (χ0v) is 22.7. The lowest BCUT2D eigenvalue weighted by Crippen LogP contribution is -2.39. The van der Waals surface area contributed by atoms with Crippen LogP contribution in [0.5, 0.6) is 0 Å². The summed E-state index contributed by atoms with van der Waals surface area (Å²) in [4.78, 5) is 21.1. The maximum absolute atomic E-state index is 13.8. The van der Waals surface area contributed by atoms with Gasteiger partial charge in [-0.15, -0.1) is 0 Å². The van der Waals surface area contributed by atoms with Gasteiger partial charge in [0.2, 0.25) is 0 Å². The van der Waals surface area contributed by atoms with E-state index >= 15 is 0 Å². The van der Waals surface area contributed by atoms with E-state index in [0.29, 0.717) is 5.69 Å². The number of para-hydroxylation sites is 2. The van der Waals surface area contributed by atoms with E-state index in [-0.39, 0.29) is 29.2 Å². The summed E-state index contributed by atoms with van der Waals surface area (Å²) in [6.07, 6.45) is 0. The summed E-state index contributed by atoms with van der Waals surface area (Å²) in [7, 11) is 0. The molecule has 5 aromatic rings. The Labute approximate surface area is 219 Å². The molecule has 1 atom stereocenters. The van der Waals surface area contributed by atoms with Crippen LogP contribution in [-0.4, -0.2) is 27.8 Å². The minimum Gasteiger partial charge on any atom is -0.358 e. The second kappa shape index (κ2) is 9.35. The molecule has 190 valence electrons. The van der Waals surface area contributed by atoms with Crippen LogP contribution in [0.25, 0.3) is 21.8 Å². The third kappa shape index (κ3) is 4.86. The molecular weight excluding hydrogens is 454 g/mol. The Morgan fingerprint density at radius 1 is 0.730 bits per heavy atom. The summed E-state index contributed by atoms with van der Waals surface area (Å²) in [5.74, 6) is -0.0597. The molecule has 0 aliphatic rings. The molecular formula is C33H37N3O. The van der Waals surface area contributed by atoms with Gasteiger partial charge in [-0.3, -0.25) is 4.79 Å². The van der Waals surface area contributed by atoms with Crippen molar-refractivity contribution in [2.24, 2.45) is 0 Å². The molecule has 0 fully saturated rings. The van der Waals surface area contributed by atoms with Gasteiger partial charge in [-0.1, -0.05) is 87.5 Å². The standard InChI is InChI=1S/C33H37N3O/c1-32(2,3)31-29(23-17-11-13-19-25(23)36-31)27(21-14-8-7-9-15-21)28-22-16-10-12-18-24(22)35-30(28)26(37)20-34-33(4,5)6/h7-19,27,34-36H,20H2,1-6H3. The molecule has 0 amide bonds. The second-order valence-electron chi connectivity index (χ2n) is 12.0. The summed E-state index contributed by atoms with van der Waals surface area (Å²) >= 11 is 0. The predicted octanol–water partition coefficient (Wildman–Crippen LogP) is 7.70. The normalized spacial score (nSPS) is 13.4. The molecule has 2 aromatic heterocycles. The Kier molecular flexibility index (Phi) is 6.33. The highest BCUT2D eigenvalue weighted by Crippen LogP contribution is 2.45. The largest absolute Gasteiger partial charge is 0.358 e. The number of nitrogens with one attached hydrogen (secondary N) is 3. The number of benzene rings is 3. The molecule has 0 saturated carbocycles. The molecule has 2 heterocycles. The van der Waals surface area contributed by atoms with Crippen molar-refractivity contribution in [1.29, 1.82) is 0 Å². The van der Waals surface area contributed by atoms with E-state index in [1.807, 2.05) is 6.07 Å². The highest BCUT2D eigenvalue weighted by molar-refractivity contribution is 6.04. The quantitative estimate of drug-likeness (QED) is 0.213. The van der Waals surface area contributed by atoms with E-state index in [9.17, 15) is 4.79 Å². The number of hydrogen-bond acceptors (Lipinski definition) is 2. The minimum atomic E-state index is -0.156. The van der Waals surface area contributed by atoms with Crippen LogP contribution < -0.4 is 5.32 Å². The lowest BCUT2D eigenvalue weighted by molar-refractivity contribution is 0.0977. The van der Waals surface area contributed by atoms with Crippen LogP contribution in [0.2, 0.25) is 0 Å². The monoisotopic (exact) mass is 491 g/mol. The zero-order valence-electron chi connectivity index (χ0n) is 22.7. The molecule has 37 heavy (non-hydrogen) atoms. The van der Waals surface area contributed by atoms with Crippen molar-refractivity contribution in [3.63, 3.8) is 0 Å². The average molecular weight is 492 g/mol. The first kappa shape index (κ1) is 25.0. The van der Waals surface area contributed by atoms with Crippen LogP contribution in [0.4, 0.5) is 0 Å². The molecule has 4 nitrogen and oxygen atoms in total. The number of rotatable bonds is 6. The van der Waals surface area contributed by atoms with Crippen LogP contribution >= 0.6 is 0 Å². The van der Waals surface area contributed by atoms with Gasteiger partial charge in [0.1, 0.15) is 0 Å². The number of carbonyl (C=O) groups excluding carboxylic acids is 1. The van der Waals surface area contributed by atoms with Crippen molar-refractivity contribution in [1.82, 2.24) is 15.3 Å². The Morgan fingerprint density at radius 3 is 1.86 bits per heavy atom. The first-order valence-corrected chi connectivity index (χ1v) is 13.1. The highest BCUT2D eigenvalue weighted by Gasteiger charge is 2.33. The van der Waals surface area contributed by atoms with Gasteiger partial charge >= 0.3 is 0 Å². The summed E-state index contributed by atoms with van der Waals surface area (Å²) in [6, 6.07) is 27.4. The fourth-order valence-corrected chi connectivity index (χ4v) is 5.30. The molecule has 4 heteroatoms. The van der Waals surface area contributed by atoms with Crippen LogP contribution in [0, 0.1) is 0 Å². The molecule has 3 aromatic carbocycles. The van der Waals surface area contributed by atoms with Crippen molar-refractivity contribution in [3.8, 4) is 0 Å². The number of H-pyrrole nitrogens is 2. The number of ketones is 1. The van der Waals surface area contributed by atoms with E-state index in [4.69, 9.17) is 0 Å². The Balaban J connectivity index is 1.84. The molecule has 0 radical (unpaired) electrons. The van der Waals surface area contributed by atoms with Gasteiger partial charge in [0.15, 0.2) is 5.78 Å². The van der Waals surface area contributed by atoms with Crippen molar-refractivity contribution in [2.45, 2.75) is 58.4 Å². The Bertz CT molecular complexity index is 1560. The SMILES string of the molecule is CC(C)(C)NCC(=O)c1[nH]c2ccccc2c1C(c1ccccc1)c1c(C(C)(C)C)[nH]c2ccccc12. The Morgan fingerprint density at radius 2 is 1.27 bits per heavy atom. The summed E-state index contributed by atoms with van der Waals surface area (Å²) in [5.41, 5.74) is 7.13. The fourth-order valence-electron chi connectivity index (χ4n) is 5.30. The van der Waals surface area contributed by atoms with E-state index < -0.39 is 0 Å². The van der Waals surface area contributed by atoms with Crippen molar-refractivity contribution in [3.05, 3.63) is 107 Å². The number of aromatic amines is 2. The number of carbonyl (C=O) groups is 1. The summed E-state index contributed by atoms with van der Waals surface area (Å²) < 4.78 is 0. The first-order chi connectivity index (χ1) is 17.5. The molecule has 1 unspecified atom stereocenters. The van der Waals surface area contributed by atoms with Gasteiger partial charge in [-0.05, 0) is 44.0 Å². The Hall–Kier alpha value is -3.63. The maximum Gasteiger partial charge on any atom is 0.193 e. The van der Waals surface area contributed by atoms with Gasteiger partial charge < -0.3 is 15.3 Å².